The maximum atomic E-state index is 12.2. The Hall–Kier alpha value is -1.13. The molecule has 2 rings (SSSR count). The molecule has 1 saturated carbocycles. The second kappa shape index (κ2) is 5.93. The Balaban J connectivity index is 2.17. The first-order valence-electron chi connectivity index (χ1n) is 6.74. The molecule has 8 nitrogen and oxygen atoms in total. The number of hydrogen-bond acceptors (Lipinski definition) is 5. The number of sulfonamides is 2. The van der Waals surface area contributed by atoms with Crippen molar-refractivity contribution in [1.82, 2.24) is 9.78 Å². The average molecular weight is 336 g/mol. The number of primary sulfonamides is 1. The van der Waals surface area contributed by atoms with Crippen LogP contribution in [-0.4, -0.2) is 32.4 Å². The minimum absolute atomic E-state index is 0.0202. The summed E-state index contributed by atoms with van der Waals surface area (Å²) in [4.78, 5) is -0.322. The van der Waals surface area contributed by atoms with Gasteiger partial charge < -0.3 is 0 Å². The van der Waals surface area contributed by atoms with Gasteiger partial charge in [-0.2, -0.15) is 5.10 Å². The summed E-state index contributed by atoms with van der Waals surface area (Å²) >= 11 is 0. The number of rotatable bonds is 5. The van der Waals surface area contributed by atoms with E-state index < -0.39 is 20.0 Å². The average Bonchev–Trinajstić information content (AvgIpc) is 2.69. The van der Waals surface area contributed by atoms with E-state index in [4.69, 9.17) is 5.14 Å². The van der Waals surface area contributed by atoms with Gasteiger partial charge in [-0.25, -0.2) is 22.0 Å². The van der Waals surface area contributed by atoms with Gasteiger partial charge in [0.15, 0.2) is 5.82 Å². The lowest BCUT2D eigenvalue weighted by atomic mass is 9.91. The van der Waals surface area contributed by atoms with Gasteiger partial charge in [0.2, 0.25) is 20.0 Å². The summed E-state index contributed by atoms with van der Waals surface area (Å²) in [6.45, 7) is 0. The third-order valence-corrected chi connectivity index (χ3v) is 5.86. The van der Waals surface area contributed by atoms with E-state index in [9.17, 15) is 16.8 Å². The third kappa shape index (κ3) is 4.42. The van der Waals surface area contributed by atoms with Crippen molar-refractivity contribution >= 4 is 25.9 Å². The van der Waals surface area contributed by atoms with Crippen molar-refractivity contribution in [2.45, 2.75) is 37.0 Å². The third-order valence-electron chi connectivity index (χ3n) is 3.53. The molecule has 1 aromatic rings. The van der Waals surface area contributed by atoms with Crippen LogP contribution in [0.5, 0.6) is 0 Å². The maximum Gasteiger partial charge on any atom is 0.243 e. The van der Waals surface area contributed by atoms with Gasteiger partial charge in [-0.3, -0.25) is 9.40 Å². The predicted octanol–water partition coefficient (Wildman–Crippen LogP) is 0.389. The highest BCUT2D eigenvalue weighted by Gasteiger charge is 2.25. The van der Waals surface area contributed by atoms with Gasteiger partial charge in [0.25, 0.3) is 0 Å². The number of aromatic nitrogens is 2. The molecule has 120 valence electrons. The molecule has 0 radical (unpaired) electrons. The molecule has 1 aliphatic carbocycles. The van der Waals surface area contributed by atoms with Crippen molar-refractivity contribution in [2.24, 2.45) is 18.1 Å². The normalized spacial score (nSPS) is 17.8. The minimum Gasteiger partial charge on any atom is -0.272 e. The highest BCUT2D eigenvalue weighted by Crippen LogP contribution is 2.26. The minimum atomic E-state index is -4.03. The van der Waals surface area contributed by atoms with Crippen molar-refractivity contribution in [3.05, 3.63) is 6.20 Å². The Bertz CT molecular complexity index is 703. The molecular formula is C11H20N4O4S2. The standard InChI is InChI=1S/C11H20N4O4S2/c1-15-7-10(21(12,18)19)11(13-15)14-20(16,17)8-9-5-3-2-4-6-9/h7,9H,2-6,8H2,1H3,(H,13,14)(H2,12,18,19). The topological polar surface area (TPSA) is 124 Å². The first kappa shape index (κ1) is 16.2. The Morgan fingerprint density at radius 1 is 1.29 bits per heavy atom. The molecular weight excluding hydrogens is 316 g/mol. The maximum absolute atomic E-state index is 12.2. The summed E-state index contributed by atoms with van der Waals surface area (Å²) in [5.41, 5.74) is 0. The van der Waals surface area contributed by atoms with Crippen LogP contribution >= 0.6 is 0 Å². The zero-order valence-electron chi connectivity index (χ0n) is 11.8. The van der Waals surface area contributed by atoms with Crippen LogP contribution in [0.15, 0.2) is 11.1 Å². The largest absolute Gasteiger partial charge is 0.272 e. The van der Waals surface area contributed by atoms with Crippen LogP contribution in [-0.2, 0) is 27.1 Å². The molecule has 1 aromatic heterocycles. The molecule has 0 amide bonds. The Morgan fingerprint density at radius 3 is 2.48 bits per heavy atom. The first-order valence-corrected chi connectivity index (χ1v) is 9.94. The fraction of sp³-hybridized carbons (Fsp3) is 0.727. The molecule has 0 bridgehead atoms. The van der Waals surface area contributed by atoms with E-state index in [1.807, 2.05) is 0 Å². The van der Waals surface area contributed by atoms with E-state index in [1.54, 1.807) is 0 Å². The van der Waals surface area contributed by atoms with Crippen LogP contribution in [0.4, 0.5) is 5.82 Å². The van der Waals surface area contributed by atoms with Crippen LogP contribution in [0.3, 0.4) is 0 Å². The van der Waals surface area contributed by atoms with E-state index in [0.717, 1.165) is 32.1 Å². The Labute approximate surface area is 124 Å². The summed E-state index contributed by atoms with van der Waals surface area (Å²) in [5, 5.41) is 8.88. The lowest BCUT2D eigenvalue weighted by Crippen LogP contribution is -2.25. The number of nitrogens with two attached hydrogens (primary N) is 1. The van der Waals surface area contributed by atoms with Gasteiger partial charge in [-0.05, 0) is 18.8 Å². The second-order valence-corrected chi connectivity index (χ2v) is 8.74. The second-order valence-electron chi connectivity index (χ2n) is 5.45. The fourth-order valence-electron chi connectivity index (χ4n) is 2.60. The van der Waals surface area contributed by atoms with Crippen molar-refractivity contribution in [2.75, 3.05) is 10.5 Å². The quantitative estimate of drug-likeness (QED) is 0.805. The van der Waals surface area contributed by atoms with Crippen molar-refractivity contribution in [3.8, 4) is 0 Å². The van der Waals surface area contributed by atoms with Gasteiger partial charge in [-0.1, -0.05) is 19.3 Å². The fourth-order valence-corrected chi connectivity index (χ4v) is 4.81. The van der Waals surface area contributed by atoms with E-state index >= 15 is 0 Å². The summed E-state index contributed by atoms with van der Waals surface area (Å²) in [6.07, 6.45) is 6.14. The number of nitrogens with one attached hydrogen (secondary N) is 1. The Morgan fingerprint density at radius 2 is 1.90 bits per heavy atom. The molecule has 0 unspecified atom stereocenters. The lowest BCUT2D eigenvalue weighted by molar-refractivity contribution is 0.385. The molecule has 1 heterocycles. The molecule has 1 fully saturated rings. The zero-order chi connectivity index (χ0) is 15.7. The van der Waals surface area contributed by atoms with Gasteiger partial charge >= 0.3 is 0 Å². The van der Waals surface area contributed by atoms with Gasteiger partial charge in [-0.15, -0.1) is 0 Å². The van der Waals surface area contributed by atoms with Crippen LogP contribution in [0.2, 0.25) is 0 Å². The van der Waals surface area contributed by atoms with Crippen LogP contribution in [0.25, 0.3) is 0 Å². The monoisotopic (exact) mass is 336 g/mol. The van der Waals surface area contributed by atoms with Crippen LogP contribution < -0.4 is 9.86 Å². The van der Waals surface area contributed by atoms with E-state index in [-0.39, 0.29) is 22.4 Å². The van der Waals surface area contributed by atoms with Crippen molar-refractivity contribution in [1.29, 1.82) is 0 Å². The lowest BCUT2D eigenvalue weighted by Gasteiger charge is -2.21. The summed E-state index contributed by atoms with van der Waals surface area (Å²) < 4.78 is 50.6. The van der Waals surface area contributed by atoms with E-state index in [1.165, 1.54) is 17.9 Å². The molecule has 0 atom stereocenters. The molecule has 10 heteroatoms. The Kier molecular flexibility index (Phi) is 4.59. The van der Waals surface area contributed by atoms with E-state index in [0.29, 0.717) is 0 Å². The van der Waals surface area contributed by atoms with E-state index in [2.05, 4.69) is 9.82 Å². The summed E-state index contributed by atoms with van der Waals surface area (Å²) in [6, 6.07) is 0. The highest BCUT2D eigenvalue weighted by molar-refractivity contribution is 7.93. The summed E-state index contributed by atoms with van der Waals surface area (Å²) in [7, 11) is -6.18. The first-order chi connectivity index (χ1) is 9.67. The highest BCUT2D eigenvalue weighted by atomic mass is 32.2. The molecule has 0 spiro atoms. The molecule has 0 saturated heterocycles. The van der Waals surface area contributed by atoms with Gasteiger partial charge in [0.1, 0.15) is 4.90 Å². The van der Waals surface area contributed by atoms with Gasteiger partial charge in [0.05, 0.1) is 5.75 Å². The molecule has 21 heavy (non-hydrogen) atoms. The summed E-state index contributed by atoms with van der Waals surface area (Å²) in [5.74, 6) is -0.151. The predicted molar refractivity (Wildman–Crippen MR) is 78.6 cm³/mol. The number of hydrogen-bond donors (Lipinski definition) is 2. The van der Waals surface area contributed by atoms with Gasteiger partial charge in [0, 0.05) is 13.2 Å². The number of anilines is 1. The molecule has 3 N–H and O–H groups in total. The molecule has 0 aromatic carbocycles. The van der Waals surface area contributed by atoms with Crippen LogP contribution in [0.1, 0.15) is 32.1 Å². The van der Waals surface area contributed by atoms with Crippen LogP contribution in [0, 0.1) is 5.92 Å². The molecule has 0 aliphatic heterocycles. The SMILES string of the molecule is Cn1cc(S(N)(=O)=O)c(NS(=O)(=O)CC2CCCCC2)n1. The number of nitrogens with zero attached hydrogens (tertiary/aromatic N) is 2. The smallest absolute Gasteiger partial charge is 0.243 e. The van der Waals surface area contributed by atoms with Crippen molar-refractivity contribution in [3.63, 3.8) is 0 Å². The number of aryl methyl sites for hydroxylation is 1. The zero-order valence-corrected chi connectivity index (χ0v) is 13.5. The molecule has 1 aliphatic rings. The van der Waals surface area contributed by atoms with Crippen molar-refractivity contribution < 1.29 is 16.8 Å².